The fourth-order valence-electron chi connectivity index (χ4n) is 7.50. The van der Waals surface area contributed by atoms with E-state index in [-0.39, 0.29) is 49.8 Å². The molecule has 0 spiro atoms. The molecular formula is C46H54N10O8. The van der Waals surface area contributed by atoms with Gasteiger partial charge in [-0.05, 0) is 93.1 Å². The molecule has 2 aromatic heterocycles. The van der Waals surface area contributed by atoms with E-state index in [1.165, 1.54) is 11.2 Å². The van der Waals surface area contributed by atoms with Crippen molar-refractivity contribution in [1.29, 1.82) is 0 Å². The summed E-state index contributed by atoms with van der Waals surface area (Å²) < 4.78 is 19.2. The number of unbranched alkanes of at least 4 members (excludes halogenated alkanes) is 2. The molecule has 7 rings (SSSR count). The standard InChI is InChI=1S/C46H54N10O8/c1-30(50-44(59)32-9-6-10-33(25-32)48-26-40-53-54-43(55(40)2)38-19-20-47-29-49-38)31-13-15-34(16-14-31)64-24-5-3-4-21-62-22-8-23-63-28-42(58)51-37-12-7-11-35-36(37)27-56(46(35)61)39-17-18-41(57)52-45(39)60/h6-7,9-16,19-20,25,29-30,39,42,48,51,58H,3-5,8,17-18,21-24,26-28H2,1-2H3,(H,50,59)(H,52,57,60)/t30-,39?,42?/m0/s1. The maximum atomic E-state index is 13.2. The molecular weight excluding hydrogens is 821 g/mol. The summed E-state index contributed by atoms with van der Waals surface area (Å²) in [5.74, 6) is 0.872. The first-order valence-electron chi connectivity index (χ1n) is 21.5. The van der Waals surface area contributed by atoms with E-state index in [4.69, 9.17) is 14.2 Å². The molecule has 2 aliphatic rings. The van der Waals surface area contributed by atoms with E-state index < -0.39 is 18.2 Å². The number of imide groups is 1. The fourth-order valence-corrected chi connectivity index (χ4v) is 7.50. The molecule has 5 N–H and O–H groups in total. The summed E-state index contributed by atoms with van der Waals surface area (Å²) in [6.45, 7) is 4.78. The highest BCUT2D eigenvalue weighted by Crippen LogP contribution is 2.32. The zero-order valence-electron chi connectivity index (χ0n) is 36.0. The lowest BCUT2D eigenvalue weighted by molar-refractivity contribution is -0.136. The second kappa shape index (κ2) is 22.0. The minimum absolute atomic E-state index is 0.0439. The lowest BCUT2D eigenvalue weighted by atomic mass is 10.0. The zero-order valence-corrected chi connectivity index (χ0v) is 36.0. The summed E-state index contributed by atoms with van der Waals surface area (Å²) in [6.07, 6.45) is 6.02. The smallest absolute Gasteiger partial charge is 0.255 e. The van der Waals surface area contributed by atoms with Gasteiger partial charge in [0.25, 0.3) is 11.8 Å². The third-order valence-corrected chi connectivity index (χ3v) is 11.0. The Kier molecular flexibility index (Phi) is 15.6. The number of piperidine rings is 1. The highest BCUT2D eigenvalue weighted by molar-refractivity contribution is 6.06. The van der Waals surface area contributed by atoms with Crippen LogP contribution in [-0.4, -0.2) is 104 Å². The van der Waals surface area contributed by atoms with Crippen molar-refractivity contribution in [3.8, 4) is 17.3 Å². The largest absolute Gasteiger partial charge is 0.494 e. The van der Waals surface area contributed by atoms with E-state index >= 15 is 0 Å². The average molecular weight is 875 g/mol. The van der Waals surface area contributed by atoms with Gasteiger partial charge in [-0.3, -0.25) is 24.5 Å². The number of carbonyl (C=O) groups is 4. The van der Waals surface area contributed by atoms with Crippen LogP contribution in [0.3, 0.4) is 0 Å². The number of aliphatic hydroxyl groups excluding tert-OH is 1. The molecule has 0 radical (unpaired) electrons. The van der Waals surface area contributed by atoms with Crippen LogP contribution in [0.5, 0.6) is 5.75 Å². The quantitative estimate of drug-likeness (QED) is 0.0346. The fraction of sp³-hybridized carbons (Fsp3) is 0.391. The molecule has 1 fully saturated rings. The number of nitrogens with one attached hydrogen (secondary N) is 4. The number of amides is 4. The summed E-state index contributed by atoms with van der Waals surface area (Å²) in [5.41, 5.74) is 4.72. The van der Waals surface area contributed by atoms with Gasteiger partial charge in [-0.2, -0.15) is 0 Å². The van der Waals surface area contributed by atoms with E-state index in [9.17, 15) is 24.3 Å². The lowest BCUT2D eigenvalue weighted by Gasteiger charge is -2.29. The summed E-state index contributed by atoms with van der Waals surface area (Å²) >= 11 is 0. The number of fused-ring (bicyclic) bond motifs is 1. The van der Waals surface area contributed by atoms with Gasteiger partial charge in [-0.25, -0.2) is 9.97 Å². The van der Waals surface area contributed by atoms with Gasteiger partial charge in [-0.15, -0.1) is 10.2 Å². The minimum atomic E-state index is -1.00. The van der Waals surface area contributed by atoms with Gasteiger partial charge in [-0.1, -0.05) is 24.3 Å². The first-order chi connectivity index (χ1) is 31.1. The number of aliphatic hydroxyl groups is 1. The Morgan fingerprint density at radius 2 is 1.73 bits per heavy atom. The first kappa shape index (κ1) is 45.3. The maximum absolute atomic E-state index is 13.2. The molecule has 2 unspecified atom stereocenters. The van der Waals surface area contributed by atoms with Gasteiger partial charge < -0.3 is 44.7 Å². The number of carbonyl (C=O) groups excluding carboxylic acids is 4. The Morgan fingerprint density at radius 1 is 0.938 bits per heavy atom. The number of anilines is 2. The Labute approximate surface area is 371 Å². The molecule has 0 aliphatic carbocycles. The molecule has 5 aromatic rings. The Bertz CT molecular complexity index is 2380. The number of aromatic nitrogens is 5. The second-order valence-corrected chi connectivity index (χ2v) is 15.6. The third kappa shape index (κ3) is 11.8. The third-order valence-electron chi connectivity index (χ3n) is 11.0. The van der Waals surface area contributed by atoms with E-state index in [0.29, 0.717) is 73.3 Å². The van der Waals surface area contributed by atoms with E-state index in [0.717, 1.165) is 42.1 Å². The average Bonchev–Trinajstić information content (AvgIpc) is 3.85. The minimum Gasteiger partial charge on any atom is -0.494 e. The van der Waals surface area contributed by atoms with Crippen molar-refractivity contribution in [3.63, 3.8) is 0 Å². The van der Waals surface area contributed by atoms with Crippen LogP contribution in [0.2, 0.25) is 0 Å². The van der Waals surface area contributed by atoms with Crippen molar-refractivity contribution < 1.29 is 38.5 Å². The molecule has 2 aliphatic heterocycles. The summed E-state index contributed by atoms with van der Waals surface area (Å²) in [4.78, 5) is 59.9. The molecule has 1 saturated heterocycles. The predicted molar refractivity (Wildman–Crippen MR) is 236 cm³/mol. The monoisotopic (exact) mass is 874 g/mol. The molecule has 3 atom stereocenters. The van der Waals surface area contributed by atoms with E-state index in [1.807, 2.05) is 61.0 Å². The highest BCUT2D eigenvalue weighted by atomic mass is 16.5. The Balaban J connectivity index is 0.716. The molecule has 4 amide bonds. The van der Waals surface area contributed by atoms with Crippen molar-refractivity contribution in [2.45, 2.75) is 76.8 Å². The molecule has 3 aromatic carbocycles. The number of rotatable bonds is 23. The van der Waals surface area contributed by atoms with Crippen LogP contribution in [0.1, 0.15) is 89.2 Å². The van der Waals surface area contributed by atoms with Crippen LogP contribution in [0.4, 0.5) is 11.4 Å². The molecule has 0 bridgehead atoms. The Morgan fingerprint density at radius 3 is 2.55 bits per heavy atom. The van der Waals surface area contributed by atoms with Crippen molar-refractivity contribution in [3.05, 3.63) is 113 Å². The molecule has 18 heteroatoms. The van der Waals surface area contributed by atoms with Crippen molar-refractivity contribution in [2.75, 3.05) is 43.7 Å². The normalized spacial score (nSPS) is 15.6. The van der Waals surface area contributed by atoms with Crippen molar-refractivity contribution in [1.82, 2.24) is 40.3 Å². The summed E-state index contributed by atoms with van der Waals surface area (Å²) in [6, 6.07) is 21.1. The summed E-state index contributed by atoms with van der Waals surface area (Å²) in [5, 5.41) is 30.9. The van der Waals surface area contributed by atoms with Gasteiger partial charge in [0.05, 0.1) is 25.8 Å². The SMILES string of the molecule is C[C@H](NC(=O)c1cccc(NCc2nnc(-c3ccncn3)n2C)c1)c1ccc(OCCCCCOCCCOCC(O)Nc2cccc3c2CN(C2CCC(=O)NC2=O)C3=O)cc1. The van der Waals surface area contributed by atoms with Crippen LogP contribution in [0.15, 0.2) is 85.3 Å². The van der Waals surface area contributed by atoms with Crippen LogP contribution in [0.25, 0.3) is 11.5 Å². The maximum Gasteiger partial charge on any atom is 0.255 e. The second-order valence-electron chi connectivity index (χ2n) is 15.6. The van der Waals surface area contributed by atoms with Gasteiger partial charge in [0, 0.05) is 74.1 Å². The van der Waals surface area contributed by atoms with Crippen LogP contribution < -0.4 is 26.0 Å². The number of hydrogen-bond donors (Lipinski definition) is 5. The molecule has 0 saturated carbocycles. The lowest BCUT2D eigenvalue weighted by Crippen LogP contribution is -2.52. The van der Waals surface area contributed by atoms with Crippen molar-refractivity contribution in [2.24, 2.45) is 7.05 Å². The van der Waals surface area contributed by atoms with Crippen LogP contribution >= 0.6 is 0 Å². The molecule has 4 heterocycles. The Hall–Kier alpha value is -6.76. The van der Waals surface area contributed by atoms with E-state index in [1.54, 1.807) is 36.5 Å². The molecule has 18 nitrogen and oxygen atoms in total. The highest BCUT2D eigenvalue weighted by Gasteiger charge is 2.40. The van der Waals surface area contributed by atoms with Crippen molar-refractivity contribution >= 4 is 35.0 Å². The summed E-state index contributed by atoms with van der Waals surface area (Å²) in [7, 11) is 1.88. The van der Waals surface area contributed by atoms with Gasteiger partial charge >= 0.3 is 0 Å². The van der Waals surface area contributed by atoms with Crippen LogP contribution in [0, 0.1) is 0 Å². The number of hydrogen-bond acceptors (Lipinski definition) is 14. The molecule has 64 heavy (non-hydrogen) atoms. The van der Waals surface area contributed by atoms with E-state index in [2.05, 4.69) is 41.4 Å². The zero-order chi connectivity index (χ0) is 44.8. The van der Waals surface area contributed by atoms with Gasteiger partial charge in [0.1, 0.15) is 30.0 Å². The number of benzene rings is 3. The number of ether oxygens (including phenoxy) is 3. The van der Waals surface area contributed by atoms with Gasteiger partial charge in [0.15, 0.2) is 11.6 Å². The number of nitrogens with zero attached hydrogens (tertiary/aromatic N) is 6. The van der Waals surface area contributed by atoms with Gasteiger partial charge in [0.2, 0.25) is 11.8 Å². The van der Waals surface area contributed by atoms with Crippen LogP contribution in [-0.2, 0) is 39.2 Å². The predicted octanol–water partition coefficient (Wildman–Crippen LogP) is 4.54. The topological polar surface area (TPSA) is 224 Å². The first-order valence-corrected chi connectivity index (χ1v) is 21.5. The molecule has 336 valence electrons.